The van der Waals surface area contributed by atoms with Crippen LogP contribution in [0.4, 0.5) is 17.6 Å². The van der Waals surface area contributed by atoms with E-state index in [-0.39, 0.29) is 23.4 Å². The number of carbonyl (C=O) groups excluding carboxylic acids is 1. The van der Waals surface area contributed by atoms with Gasteiger partial charge in [-0.25, -0.2) is 13.8 Å². The third kappa shape index (κ3) is 4.78. The van der Waals surface area contributed by atoms with Crippen LogP contribution < -0.4 is 15.8 Å². The molecule has 1 unspecified atom stereocenters. The quantitative estimate of drug-likeness (QED) is 0.711. The van der Waals surface area contributed by atoms with Crippen LogP contribution in [0.5, 0.6) is 5.88 Å². The summed E-state index contributed by atoms with van der Waals surface area (Å²) in [6.07, 6.45) is -0.647. The van der Waals surface area contributed by atoms with Gasteiger partial charge in [-0.05, 0) is 24.8 Å². The zero-order valence-corrected chi connectivity index (χ0v) is 12.1. The van der Waals surface area contributed by atoms with Gasteiger partial charge < -0.3 is 15.8 Å². The van der Waals surface area contributed by atoms with Crippen LogP contribution in [0.1, 0.15) is 23.2 Å². The van der Waals surface area contributed by atoms with Crippen LogP contribution in [0.2, 0.25) is 0 Å². The normalized spacial score (nSPS) is 16.3. The van der Waals surface area contributed by atoms with Gasteiger partial charge in [0.15, 0.2) is 6.61 Å². The molecule has 1 atom stereocenters. The van der Waals surface area contributed by atoms with Crippen LogP contribution in [0, 0.1) is 5.92 Å². The number of amides is 1. The smallest absolute Gasteiger partial charge is 0.340 e. The Kier molecular flexibility index (Phi) is 5.40. The molecule has 1 heterocycles. The van der Waals surface area contributed by atoms with E-state index in [0.717, 1.165) is 19.0 Å². The van der Waals surface area contributed by atoms with Crippen molar-refractivity contribution in [3.63, 3.8) is 0 Å². The molecule has 1 aliphatic carbocycles. The highest BCUT2D eigenvalue weighted by Gasteiger charge is 2.41. The fourth-order valence-electron chi connectivity index (χ4n) is 1.95. The maximum absolute atomic E-state index is 12.7. The second-order valence-corrected chi connectivity index (χ2v) is 5.39. The summed E-state index contributed by atoms with van der Waals surface area (Å²) in [4.78, 5) is 15.7. The summed E-state index contributed by atoms with van der Waals surface area (Å²) in [6, 6.07) is 2.38. The predicted molar refractivity (Wildman–Crippen MR) is 73.7 cm³/mol. The van der Waals surface area contributed by atoms with E-state index in [1.54, 1.807) is 0 Å². The van der Waals surface area contributed by atoms with E-state index < -0.39 is 19.0 Å². The van der Waals surface area contributed by atoms with Gasteiger partial charge in [0.25, 0.3) is 5.91 Å². The first-order valence-electron chi connectivity index (χ1n) is 7.09. The van der Waals surface area contributed by atoms with Gasteiger partial charge in [-0.3, -0.25) is 4.79 Å². The lowest BCUT2D eigenvalue weighted by Crippen LogP contribution is -2.41. The first kappa shape index (κ1) is 17.5. The van der Waals surface area contributed by atoms with E-state index in [0.29, 0.717) is 12.5 Å². The number of nitrogens with one attached hydrogen (secondary N) is 1. The molecule has 23 heavy (non-hydrogen) atoms. The van der Waals surface area contributed by atoms with Gasteiger partial charge in [0.1, 0.15) is 0 Å². The Bertz CT molecular complexity index is 535. The zero-order valence-electron chi connectivity index (χ0n) is 12.1. The molecule has 0 aliphatic heterocycles. The summed E-state index contributed by atoms with van der Waals surface area (Å²) in [5.41, 5.74) is 5.79. The van der Waals surface area contributed by atoms with Gasteiger partial charge in [-0.1, -0.05) is 0 Å². The van der Waals surface area contributed by atoms with Crippen molar-refractivity contribution in [3.05, 3.63) is 23.9 Å². The van der Waals surface area contributed by atoms with Crippen LogP contribution in [0.15, 0.2) is 18.3 Å². The van der Waals surface area contributed by atoms with Gasteiger partial charge in [-0.15, -0.1) is 0 Å². The van der Waals surface area contributed by atoms with E-state index in [1.165, 1.54) is 12.1 Å². The Morgan fingerprint density at radius 1 is 1.43 bits per heavy atom. The molecule has 5 nitrogen and oxygen atoms in total. The van der Waals surface area contributed by atoms with Crippen LogP contribution in [0.25, 0.3) is 0 Å². The molecule has 0 radical (unpaired) electrons. The molecule has 1 amide bonds. The molecule has 1 aliphatic rings. The molecule has 1 aromatic heterocycles. The zero-order chi connectivity index (χ0) is 17.0. The molecule has 9 heteroatoms. The largest absolute Gasteiger partial charge is 0.471 e. The standard InChI is InChI=1S/C14H17F4N3O2/c15-13(16)14(17,18)7-23-11-4-3-9(6-20-11)12(22)21-10(5-19)8-1-2-8/h3-4,6,8,10,13H,1-2,5,7,19H2,(H,21,22). The van der Waals surface area contributed by atoms with Gasteiger partial charge in [-0.2, -0.15) is 8.78 Å². The summed E-state index contributed by atoms with van der Waals surface area (Å²) < 4.78 is 54.0. The third-order valence-electron chi connectivity index (χ3n) is 3.49. The monoisotopic (exact) mass is 335 g/mol. The van der Waals surface area contributed by atoms with Gasteiger partial charge in [0, 0.05) is 24.8 Å². The number of carbonyl (C=O) groups is 1. The van der Waals surface area contributed by atoms with E-state index in [2.05, 4.69) is 15.0 Å². The number of alkyl halides is 4. The SMILES string of the molecule is NCC(NC(=O)c1ccc(OCC(F)(F)C(F)F)nc1)C1CC1. The van der Waals surface area contributed by atoms with E-state index >= 15 is 0 Å². The lowest BCUT2D eigenvalue weighted by Gasteiger charge is -2.16. The first-order valence-corrected chi connectivity index (χ1v) is 7.09. The van der Waals surface area contributed by atoms with E-state index in [1.807, 2.05) is 0 Å². The molecular formula is C14H17F4N3O2. The summed E-state index contributed by atoms with van der Waals surface area (Å²) in [6.45, 7) is -1.16. The Hall–Kier alpha value is -1.90. The molecule has 0 bridgehead atoms. The minimum Gasteiger partial charge on any atom is -0.471 e. The predicted octanol–water partition coefficient (Wildman–Crippen LogP) is 1.83. The molecule has 1 fully saturated rings. The summed E-state index contributed by atoms with van der Waals surface area (Å²) in [5, 5.41) is 2.77. The number of ether oxygens (including phenoxy) is 1. The lowest BCUT2D eigenvalue weighted by molar-refractivity contribution is -0.148. The second kappa shape index (κ2) is 7.12. The lowest BCUT2D eigenvalue weighted by atomic mass is 10.1. The van der Waals surface area contributed by atoms with E-state index in [4.69, 9.17) is 5.73 Å². The van der Waals surface area contributed by atoms with Crippen molar-refractivity contribution in [2.45, 2.75) is 31.2 Å². The minimum absolute atomic E-state index is 0.108. The Morgan fingerprint density at radius 3 is 2.61 bits per heavy atom. The number of hydrogen-bond acceptors (Lipinski definition) is 4. The third-order valence-corrected chi connectivity index (χ3v) is 3.49. The Balaban J connectivity index is 1.89. The first-order chi connectivity index (χ1) is 10.8. The minimum atomic E-state index is -4.25. The van der Waals surface area contributed by atoms with Crippen molar-refractivity contribution in [1.82, 2.24) is 10.3 Å². The number of pyridine rings is 1. The average Bonchev–Trinajstić information content (AvgIpc) is 3.35. The van der Waals surface area contributed by atoms with Crippen molar-refractivity contribution in [3.8, 4) is 5.88 Å². The molecule has 128 valence electrons. The number of nitrogens with two attached hydrogens (primary N) is 1. The number of nitrogens with zero attached hydrogens (tertiary/aromatic N) is 1. The molecule has 1 aromatic rings. The van der Waals surface area contributed by atoms with Crippen molar-refractivity contribution >= 4 is 5.91 Å². The summed E-state index contributed by atoms with van der Waals surface area (Å²) in [5.74, 6) is -4.52. The maximum Gasteiger partial charge on any atom is 0.340 e. The molecule has 0 aromatic carbocycles. The molecule has 2 rings (SSSR count). The van der Waals surface area contributed by atoms with Crippen molar-refractivity contribution in [2.24, 2.45) is 11.7 Å². The molecule has 1 saturated carbocycles. The maximum atomic E-state index is 12.7. The van der Waals surface area contributed by atoms with Crippen molar-refractivity contribution in [1.29, 1.82) is 0 Å². The van der Waals surface area contributed by atoms with Gasteiger partial charge in [0.05, 0.1) is 5.56 Å². The summed E-state index contributed by atoms with van der Waals surface area (Å²) in [7, 11) is 0. The Labute approximate surface area is 130 Å². The fourth-order valence-corrected chi connectivity index (χ4v) is 1.95. The fraction of sp³-hybridized carbons (Fsp3) is 0.571. The van der Waals surface area contributed by atoms with Crippen LogP contribution in [0.3, 0.4) is 0 Å². The van der Waals surface area contributed by atoms with Crippen LogP contribution in [-0.2, 0) is 0 Å². The molecular weight excluding hydrogens is 318 g/mol. The number of rotatable bonds is 8. The highest BCUT2D eigenvalue weighted by atomic mass is 19.3. The number of halogens is 4. The van der Waals surface area contributed by atoms with Crippen LogP contribution in [-0.4, -0.2) is 42.4 Å². The number of aromatic nitrogens is 1. The van der Waals surface area contributed by atoms with Crippen molar-refractivity contribution in [2.75, 3.05) is 13.2 Å². The highest BCUT2D eigenvalue weighted by Crippen LogP contribution is 2.32. The highest BCUT2D eigenvalue weighted by molar-refractivity contribution is 5.94. The van der Waals surface area contributed by atoms with Crippen LogP contribution >= 0.6 is 0 Å². The average molecular weight is 335 g/mol. The molecule has 3 N–H and O–H groups in total. The molecule has 0 spiro atoms. The second-order valence-electron chi connectivity index (χ2n) is 5.39. The van der Waals surface area contributed by atoms with Crippen molar-refractivity contribution < 1.29 is 27.1 Å². The summed E-state index contributed by atoms with van der Waals surface area (Å²) >= 11 is 0. The van der Waals surface area contributed by atoms with Gasteiger partial charge >= 0.3 is 12.3 Å². The molecule has 0 saturated heterocycles. The van der Waals surface area contributed by atoms with Gasteiger partial charge in [0.2, 0.25) is 5.88 Å². The topological polar surface area (TPSA) is 77.2 Å². The Morgan fingerprint density at radius 2 is 2.13 bits per heavy atom. The van der Waals surface area contributed by atoms with E-state index in [9.17, 15) is 22.4 Å². The number of hydrogen-bond donors (Lipinski definition) is 2.